The third-order valence-electron chi connectivity index (χ3n) is 2.89. The van der Waals surface area contributed by atoms with E-state index < -0.39 is 11.8 Å². The summed E-state index contributed by atoms with van der Waals surface area (Å²) in [6, 6.07) is 8.84. The molecule has 0 unspecified atom stereocenters. The summed E-state index contributed by atoms with van der Waals surface area (Å²) in [7, 11) is 2.61. The van der Waals surface area contributed by atoms with Crippen LogP contribution in [0.5, 0.6) is 11.5 Å². The number of aromatic hydroxyl groups is 1. The molecule has 0 radical (unpaired) electrons. The maximum atomic E-state index is 13.4. The van der Waals surface area contributed by atoms with Gasteiger partial charge in [-0.05, 0) is 35.4 Å². The molecule has 2 aromatic rings. The van der Waals surface area contributed by atoms with Gasteiger partial charge in [0.1, 0.15) is 11.3 Å². The van der Waals surface area contributed by atoms with Crippen LogP contribution in [0.1, 0.15) is 10.4 Å². The molecule has 0 aliphatic rings. The number of hydrogen-bond acceptors (Lipinski definition) is 4. The Morgan fingerprint density at radius 1 is 1.10 bits per heavy atom. The zero-order chi connectivity index (χ0) is 14.7. The number of esters is 1. The fourth-order valence-electron chi connectivity index (χ4n) is 1.83. The summed E-state index contributed by atoms with van der Waals surface area (Å²) in [4.78, 5) is 11.5. The van der Waals surface area contributed by atoms with E-state index >= 15 is 0 Å². The van der Waals surface area contributed by atoms with Crippen molar-refractivity contribution in [2.45, 2.75) is 0 Å². The molecule has 5 heteroatoms. The van der Waals surface area contributed by atoms with Gasteiger partial charge in [0.15, 0.2) is 11.6 Å². The monoisotopic (exact) mass is 276 g/mol. The average Bonchev–Trinajstić information content (AvgIpc) is 2.47. The van der Waals surface area contributed by atoms with Gasteiger partial charge in [-0.2, -0.15) is 0 Å². The molecular formula is C15H13FO4. The lowest BCUT2D eigenvalue weighted by molar-refractivity contribution is 0.0597. The van der Waals surface area contributed by atoms with Gasteiger partial charge in [0.25, 0.3) is 0 Å². The number of ether oxygens (including phenoxy) is 2. The van der Waals surface area contributed by atoms with Gasteiger partial charge in [-0.3, -0.25) is 0 Å². The molecule has 0 spiro atoms. The van der Waals surface area contributed by atoms with Crippen molar-refractivity contribution in [2.24, 2.45) is 0 Å². The lowest BCUT2D eigenvalue weighted by Gasteiger charge is -2.08. The molecule has 2 rings (SSSR count). The van der Waals surface area contributed by atoms with Crippen molar-refractivity contribution < 1.29 is 23.8 Å². The molecule has 0 bridgehead atoms. The summed E-state index contributed by atoms with van der Waals surface area (Å²) >= 11 is 0. The van der Waals surface area contributed by atoms with E-state index in [-0.39, 0.29) is 17.1 Å². The molecule has 0 atom stereocenters. The number of carbonyl (C=O) groups excluding carboxylic acids is 1. The molecule has 20 heavy (non-hydrogen) atoms. The first kappa shape index (κ1) is 13.9. The van der Waals surface area contributed by atoms with Crippen molar-refractivity contribution in [3.63, 3.8) is 0 Å². The minimum Gasteiger partial charge on any atom is -0.507 e. The Kier molecular flexibility index (Phi) is 3.89. The third-order valence-corrected chi connectivity index (χ3v) is 2.89. The minimum atomic E-state index is -0.640. The predicted molar refractivity (Wildman–Crippen MR) is 71.4 cm³/mol. The van der Waals surface area contributed by atoms with Crippen LogP contribution >= 0.6 is 0 Å². The Morgan fingerprint density at radius 3 is 2.40 bits per heavy atom. The van der Waals surface area contributed by atoms with Gasteiger partial charge in [0.2, 0.25) is 0 Å². The Morgan fingerprint density at radius 2 is 1.75 bits per heavy atom. The van der Waals surface area contributed by atoms with Gasteiger partial charge in [-0.25, -0.2) is 9.18 Å². The SMILES string of the molecule is COC(=O)c1cc(-c2ccc(F)c(OC)c2)ccc1O. The highest BCUT2D eigenvalue weighted by Crippen LogP contribution is 2.29. The van der Waals surface area contributed by atoms with Crippen molar-refractivity contribution in [3.05, 3.63) is 47.8 Å². The van der Waals surface area contributed by atoms with Gasteiger partial charge >= 0.3 is 5.97 Å². The van der Waals surface area contributed by atoms with Crippen LogP contribution in [0.4, 0.5) is 4.39 Å². The van der Waals surface area contributed by atoms with E-state index in [4.69, 9.17) is 4.74 Å². The van der Waals surface area contributed by atoms with E-state index in [1.807, 2.05) is 0 Å². The first-order valence-electron chi connectivity index (χ1n) is 5.82. The summed E-state index contributed by atoms with van der Waals surface area (Å²) in [5.74, 6) is -1.17. The van der Waals surface area contributed by atoms with Crippen molar-refractivity contribution in [1.29, 1.82) is 0 Å². The van der Waals surface area contributed by atoms with Gasteiger partial charge in [0, 0.05) is 0 Å². The maximum absolute atomic E-state index is 13.4. The molecule has 0 heterocycles. The number of methoxy groups -OCH3 is 2. The van der Waals surface area contributed by atoms with Crippen LogP contribution in [0.2, 0.25) is 0 Å². The molecule has 2 aromatic carbocycles. The van der Waals surface area contributed by atoms with E-state index in [9.17, 15) is 14.3 Å². The Labute approximate surface area is 115 Å². The number of benzene rings is 2. The zero-order valence-electron chi connectivity index (χ0n) is 11.0. The van der Waals surface area contributed by atoms with Crippen LogP contribution < -0.4 is 4.74 Å². The lowest BCUT2D eigenvalue weighted by atomic mass is 10.0. The normalized spacial score (nSPS) is 10.2. The second kappa shape index (κ2) is 5.61. The van der Waals surface area contributed by atoms with E-state index in [1.165, 1.54) is 38.5 Å². The van der Waals surface area contributed by atoms with E-state index in [0.717, 1.165) is 0 Å². The van der Waals surface area contributed by atoms with Crippen LogP contribution in [0.3, 0.4) is 0 Å². The Balaban J connectivity index is 2.50. The second-order valence-corrected chi connectivity index (χ2v) is 4.07. The fraction of sp³-hybridized carbons (Fsp3) is 0.133. The Bertz CT molecular complexity index is 652. The highest BCUT2D eigenvalue weighted by Gasteiger charge is 2.13. The number of hydrogen-bond donors (Lipinski definition) is 1. The number of carbonyl (C=O) groups is 1. The standard InChI is InChI=1S/C15H13FO4/c1-19-14-8-10(3-5-12(14)16)9-4-6-13(17)11(7-9)15(18)20-2/h3-8,17H,1-2H3. The van der Waals surface area contributed by atoms with E-state index in [0.29, 0.717) is 11.1 Å². The summed E-state index contributed by atoms with van der Waals surface area (Å²) in [5.41, 5.74) is 1.35. The fourth-order valence-corrected chi connectivity index (χ4v) is 1.83. The van der Waals surface area contributed by atoms with Crippen molar-refractivity contribution in [3.8, 4) is 22.6 Å². The summed E-state index contributed by atoms with van der Waals surface area (Å²) < 4.78 is 22.9. The molecule has 0 aliphatic heterocycles. The summed E-state index contributed by atoms with van der Waals surface area (Å²) in [6.07, 6.45) is 0. The molecule has 0 saturated heterocycles. The molecular weight excluding hydrogens is 263 g/mol. The smallest absolute Gasteiger partial charge is 0.341 e. The molecule has 0 saturated carbocycles. The topological polar surface area (TPSA) is 55.8 Å². The first-order chi connectivity index (χ1) is 9.56. The first-order valence-corrected chi connectivity index (χ1v) is 5.82. The van der Waals surface area contributed by atoms with Gasteiger partial charge in [0.05, 0.1) is 14.2 Å². The molecule has 104 valence electrons. The van der Waals surface area contributed by atoms with E-state index in [2.05, 4.69) is 4.74 Å². The van der Waals surface area contributed by atoms with Crippen LogP contribution in [0.25, 0.3) is 11.1 Å². The van der Waals surface area contributed by atoms with Gasteiger partial charge in [-0.15, -0.1) is 0 Å². The van der Waals surface area contributed by atoms with Crippen molar-refractivity contribution in [1.82, 2.24) is 0 Å². The largest absolute Gasteiger partial charge is 0.507 e. The van der Waals surface area contributed by atoms with Crippen LogP contribution in [0, 0.1) is 5.82 Å². The van der Waals surface area contributed by atoms with Crippen LogP contribution in [0.15, 0.2) is 36.4 Å². The predicted octanol–water partition coefficient (Wildman–Crippen LogP) is 2.99. The minimum absolute atomic E-state index is 0.0493. The van der Waals surface area contributed by atoms with Gasteiger partial charge in [-0.1, -0.05) is 12.1 Å². The number of rotatable bonds is 3. The number of phenolic OH excluding ortho intramolecular Hbond substituents is 1. The van der Waals surface area contributed by atoms with Crippen LogP contribution in [-0.2, 0) is 4.74 Å². The van der Waals surface area contributed by atoms with E-state index in [1.54, 1.807) is 12.1 Å². The molecule has 0 aliphatic carbocycles. The molecule has 0 amide bonds. The highest BCUT2D eigenvalue weighted by molar-refractivity contribution is 5.94. The zero-order valence-corrected chi connectivity index (χ0v) is 11.0. The van der Waals surface area contributed by atoms with Crippen LogP contribution in [-0.4, -0.2) is 25.3 Å². The van der Waals surface area contributed by atoms with Crippen molar-refractivity contribution in [2.75, 3.05) is 14.2 Å². The Hall–Kier alpha value is -2.56. The second-order valence-electron chi connectivity index (χ2n) is 4.07. The quantitative estimate of drug-likeness (QED) is 0.876. The van der Waals surface area contributed by atoms with Crippen molar-refractivity contribution >= 4 is 5.97 Å². The number of halogens is 1. The summed E-state index contributed by atoms with van der Waals surface area (Å²) in [6.45, 7) is 0. The third kappa shape index (κ3) is 2.56. The average molecular weight is 276 g/mol. The molecule has 4 nitrogen and oxygen atoms in total. The summed E-state index contributed by atoms with van der Waals surface area (Å²) in [5, 5.41) is 9.64. The number of phenols is 1. The molecule has 0 fully saturated rings. The lowest BCUT2D eigenvalue weighted by Crippen LogP contribution is -2.01. The maximum Gasteiger partial charge on any atom is 0.341 e. The molecule has 0 aromatic heterocycles. The molecule has 1 N–H and O–H groups in total. The van der Waals surface area contributed by atoms with Gasteiger partial charge < -0.3 is 14.6 Å². The highest BCUT2D eigenvalue weighted by atomic mass is 19.1.